The molecule has 1 heterocycles. The topological polar surface area (TPSA) is 24.9 Å². The molecular formula is C14H24N2S. The summed E-state index contributed by atoms with van der Waals surface area (Å²) in [6.45, 7) is 9.97. The summed E-state index contributed by atoms with van der Waals surface area (Å²) in [6.07, 6.45) is 2.88. The van der Waals surface area contributed by atoms with E-state index in [1.54, 1.807) is 0 Å². The fourth-order valence-electron chi connectivity index (χ4n) is 1.60. The van der Waals surface area contributed by atoms with Gasteiger partial charge in [0.05, 0.1) is 0 Å². The summed E-state index contributed by atoms with van der Waals surface area (Å²) in [5, 5.41) is 3.54. The van der Waals surface area contributed by atoms with Crippen LogP contribution in [0.15, 0.2) is 24.4 Å². The van der Waals surface area contributed by atoms with Crippen molar-refractivity contribution >= 4 is 11.8 Å². The van der Waals surface area contributed by atoms with Crippen LogP contribution < -0.4 is 5.32 Å². The van der Waals surface area contributed by atoms with E-state index in [-0.39, 0.29) is 0 Å². The number of likely N-dealkylation sites (N-methyl/N-ethyl adjacent to an activating group) is 1. The minimum atomic E-state index is 0.331. The minimum absolute atomic E-state index is 0.331. The number of nitrogens with zero attached hydrogens (tertiary/aromatic N) is 1. The van der Waals surface area contributed by atoms with Gasteiger partial charge in [0, 0.05) is 34.9 Å². The van der Waals surface area contributed by atoms with Crippen LogP contribution in [0.3, 0.4) is 0 Å². The van der Waals surface area contributed by atoms with Crippen LogP contribution >= 0.6 is 11.8 Å². The zero-order chi connectivity index (χ0) is 12.7. The van der Waals surface area contributed by atoms with Crippen molar-refractivity contribution in [3.05, 3.63) is 30.1 Å². The lowest BCUT2D eigenvalue weighted by molar-refractivity contribution is 0.564. The minimum Gasteiger partial charge on any atom is -0.313 e. The molecule has 0 aromatic carbocycles. The Balaban J connectivity index is 2.49. The maximum atomic E-state index is 4.40. The number of nitrogens with one attached hydrogen (secondary N) is 1. The SMILES string of the molecule is CCNC(CSC(C)(C)C)Cc1ccccn1. The van der Waals surface area contributed by atoms with E-state index < -0.39 is 0 Å². The van der Waals surface area contributed by atoms with Gasteiger partial charge in [-0.2, -0.15) is 11.8 Å². The van der Waals surface area contributed by atoms with Crippen LogP contribution in [0, 0.1) is 0 Å². The maximum absolute atomic E-state index is 4.40. The predicted molar refractivity (Wildman–Crippen MR) is 77.6 cm³/mol. The Kier molecular flexibility index (Phi) is 6.00. The highest BCUT2D eigenvalue weighted by Gasteiger charge is 2.15. The first-order chi connectivity index (χ1) is 8.01. The fourth-order valence-corrected chi connectivity index (χ4v) is 2.54. The molecule has 1 aromatic heterocycles. The molecule has 96 valence electrons. The van der Waals surface area contributed by atoms with E-state index in [0.717, 1.165) is 18.7 Å². The molecule has 1 rings (SSSR count). The van der Waals surface area contributed by atoms with E-state index in [1.807, 2.05) is 24.0 Å². The van der Waals surface area contributed by atoms with Crippen molar-refractivity contribution in [1.29, 1.82) is 0 Å². The molecule has 0 bridgehead atoms. The van der Waals surface area contributed by atoms with Crippen LogP contribution in [0.4, 0.5) is 0 Å². The molecule has 0 saturated carbocycles. The van der Waals surface area contributed by atoms with Crippen molar-refractivity contribution in [2.24, 2.45) is 0 Å². The summed E-state index contributed by atoms with van der Waals surface area (Å²) in [5.41, 5.74) is 1.17. The van der Waals surface area contributed by atoms with E-state index in [1.165, 1.54) is 5.69 Å². The van der Waals surface area contributed by atoms with E-state index in [0.29, 0.717) is 10.8 Å². The van der Waals surface area contributed by atoms with Crippen molar-refractivity contribution in [2.75, 3.05) is 12.3 Å². The molecule has 1 atom stereocenters. The Morgan fingerprint density at radius 1 is 1.35 bits per heavy atom. The van der Waals surface area contributed by atoms with Gasteiger partial charge in [0.1, 0.15) is 0 Å². The van der Waals surface area contributed by atoms with Crippen molar-refractivity contribution in [2.45, 2.75) is 44.9 Å². The highest BCUT2D eigenvalue weighted by atomic mass is 32.2. The number of hydrogen-bond donors (Lipinski definition) is 1. The van der Waals surface area contributed by atoms with Gasteiger partial charge in [-0.25, -0.2) is 0 Å². The van der Waals surface area contributed by atoms with Gasteiger partial charge in [0.25, 0.3) is 0 Å². The molecule has 0 amide bonds. The maximum Gasteiger partial charge on any atom is 0.0419 e. The highest BCUT2D eigenvalue weighted by molar-refractivity contribution is 8.00. The highest BCUT2D eigenvalue weighted by Crippen LogP contribution is 2.24. The zero-order valence-electron chi connectivity index (χ0n) is 11.4. The molecule has 3 heteroatoms. The van der Waals surface area contributed by atoms with Crippen molar-refractivity contribution in [1.82, 2.24) is 10.3 Å². The lowest BCUT2D eigenvalue weighted by Gasteiger charge is -2.23. The van der Waals surface area contributed by atoms with Crippen molar-refractivity contribution < 1.29 is 0 Å². The van der Waals surface area contributed by atoms with Crippen LogP contribution in [0.5, 0.6) is 0 Å². The van der Waals surface area contributed by atoms with Crippen LogP contribution in [0.2, 0.25) is 0 Å². The summed E-state index contributed by atoms with van der Waals surface area (Å²) < 4.78 is 0.331. The summed E-state index contributed by atoms with van der Waals surface area (Å²) in [6, 6.07) is 6.64. The zero-order valence-corrected chi connectivity index (χ0v) is 12.2. The van der Waals surface area contributed by atoms with E-state index in [2.05, 4.69) is 50.1 Å². The quantitative estimate of drug-likeness (QED) is 0.842. The monoisotopic (exact) mass is 252 g/mol. The number of thioether (sulfide) groups is 1. The van der Waals surface area contributed by atoms with Crippen molar-refractivity contribution in [3.63, 3.8) is 0 Å². The number of aromatic nitrogens is 1. The second-order valence-electron chi connectivity index (χ2n) is 5.20. The molecule has 1 aromatic rings. The third-order valence-electron chi connectivity index (χ3n) is 2.39. The van der Waals surface area contributed by atoms with E-state index in [9.17, 15) is 0 Å². The third kappa shape index (κ3) is 6.69. The first kappa shape index (κ1) is 14.5. The van der Waals surface area contributed by atoms with Gasteiger partial charge in [-0.3, -0.25) is 4.98 Å². The molecule has 0 aliphatic rings. The first-order valence-electron chi connectivity index (χ1n) is 6.28. The Labute approximate surface area is 110 Å². The van der Waals surface area contributed by atoms with Gasteiger partial charge >= 0.3 is 0 Å². The molecule has 0 aliphatic heterocycles. The Hall–Kier alpha value is -0.540. The largest absolute Gasteiger partial charge is 0.313 e. The van der Waals surface area contributed by atoms with Crippen LogP contribution in [0.25, 0.3) is 0 Å². The average Bonchev–Trinajstić information content (AvgIpc) is 2.27. The van der Waals surface area contributed by atoms with Crippen LogP contribution in [-0.2, 0) is 6.42 Å². The van der Waals surface area contributed by atoms with Gasteiger partial charge in [0.15, 0.2) is 0 Å². The molecule has 2 nitrogen and oxygen atoms in total. The van der Waals surface area contributed by atoms with E-state index >= 15 is 0 Å². The van der Waals surface area contributed by atoms with Gasteiger partial charge in [-0.1, -0.05) is 33.8 Å². The Morgan fingerprint density at radius 2 is 2.12 bits per heavy atom. The molecule has 17 heavy (non-hydrogen) atoms. The third-order valence-corrected chi connectivity index (χ3v) is 3.83. The van der Waals surface area contributed by atoms with Gasteiger partial charge < -0.3 is 5.32 Å². The van der Waals surface area contributed by atoms with Crippen LogP contribution in [-0.4, -0.2) is 28.1 Å². The Morgan fingerprint density at radius 3 is 2.65 bits per heavy atom. The molecule has 0 radical (unpaired) electrons. The normalized spacial score (nSPS) is 13.6. The fraction of sp³-hybridized carbons (Fsp3) is 0.643. The standard InChI is InChI=1S/C14H24N2S/c1-5-15-13(11-17-14(2,3)4)10-12-8-6-7-9-16-12/h6-9,13,15H,5,10-11H2,1-4H3. The van der Waals surface area contributed by atoms with Crippen molar-refractivity contribution in [3.8, 4) is 0 Å². The summed E-state index contributed by atoms with van der Waals surface area (Å²) in [5.74, 6) is 1.13. The lowest BCUT2D eigenvalue weighted by atomic mass is 10.1. The van der Waals surface area contributed by atoms with Gasteiger partial charge in [0.2, 0.25) is 0 Å². The number of hydrogen-bond acceptors (Lipinski definition) is 3. The molecular weight excluding hydrogens is 228 g/mol. The molecule has 1 N–H and O–H groups in total. The lowest BCUT2D eigenvalue weighted by Crippen LogP contribution is -2.34. The second-order valence-corrected chi connectivity index (χ2v) is 7.05. The first-order valence-corrected chi connectivity index (χ1v) is 7.27. The molecule has 0 fully saturated rings. The molecule has 0 spiro atoms. The summed E-state index contributed by atoms with van der Waals surface area (Å²) >= 11 is 2.01. The Bertz CT molecular complexity index is 306. The molecule has 0 aliphatic carbocycles. The second kappa shape index (κ2) is 7.02. The summed E-state index contributed by atoms with van der Waals surface area (Å²) in [7, 11) is 0. The van der Waals surface area contributed by atoms with Gasteiger partial charge in [-0.15, -0.1) is 0 Å². The predicted octanol–water partition coefficient (Wildman–Crippen LogP) is 3.13. The van der Waals surface area contributed by atoms with Crippen LogP contribution in [0.1, 0.15) is 33.4 Å². The number of rotatable bonds is 6. The number of pyridine rings is 1. The molecule has 0 saturated heterocycles. The summed E-state index contributed by atoms with van der Waals surface area (Å²) in [4.78, 5) is 4.40. The molecule has 1 unspecified atom stereocenters. The van der Waals surface area contributed by atoms with E-state index in [4.69, 9.17) is 0 Å². The average molecular weight is 252 g/mol. The van der Waals surface area contributed by atoms with Gasteiger partial charge in [-0.05, 0) is 18.7 Å². The smallest absolute Gasteiger partial charge is 0.0419 e.